The van der Waals surface area contributed by atoms with Gasteiger partial charge in [0.2, 0.25) is 0 Å². The number of nitrogens with one attached hydrogen (secondary N) is 1. The first-order chi connectivity index (χ1) is 9.43. The quantitative estimate of drug-likeness (QED) is 0.851. The van der Waals surface area contributed by atoms with Gasteiger partial charge in [-0.1, -0.05) is 18.2 Å². The average molecular weight is 272 g/mol. The van der Waals surface area contributed by atoms with Crippen LogP contribution in [0, 0.1) is 25.7 Å². The fourth-order valence-electron chi connectivity index (χ4n) is 4.05. The molecule has 1 aromatic carbocycles. The number of likely N-dealkylation sites (tertiary alicyclic amines) is 1. The monoisotopic (exact) mass is 272 g/mol. The van der Waals surface area contributed by atoms with E-state index >= 15 is 0 Å². The molecular formula is C17H24N2O. The van der Waals surface area contributed by atoms with Crippen molar-refractivity contribution in [3.63, 3.8) is 0 Å². The summed E-state index contributed by atoms with van der Waals surface area (Å²) in [4.78, 5) is 15.2. The molecule has 20 heavy (non-hydrogen) atoms. The van der Waals surface area contributed by atoms with Gasteiger partial charge in [-0.3, -0.25) is 4.79 Å². The molecule has 108 valence electrons. The van der Waals surface area contributed by atoms with Crippen LogP contribution in [0.5, 0.6) is 0 Å². The van der Waals surface area contributed by atoms with Crippen molar-refractivity contribution in [2.24, 2.45) is 11.8 Å². The highest BCUT2D eigenvalue weighted by Crippen LogP contribution is 2.41. The molecule has 0 aliphatic carbocycles. The topological polar surface area (TPSA) is 32.3 Å². The molecule has 3 heteroatoms. The number of carbonyl (C=O) groups is 1. The zero-order valence-electron chi connectivity index (χ0n) is 12.9. The fourth-order valence-corrected chi connectivity index (χ4v) is 4.05. The predicted octanol–water partition coefficient (Wildman–Crippen LogP) is 2.37. The lowest BCUT2D eigenvalue weighted by molar-refractivity contribution is 0.0602. The van der Waals surface area contributed by atoms with Crippen LogP contribution in [0.2, 0.25) is 0 Å². The van der Waals surface area contributed by atoms with Crippen LogP contribution in [0.3, 0.4) is 0 Å². The summed E-state index contributed by atoms with van der Waals surface area (Å²) < 4.78 is 0. The molecule has 3 rings (SSSR count). The van der Waals surface area contributed by atoms with Gasteiger partial charge in [-0.2, -0.15) is 0 Å². The van der Waals surface area contributed by atoms with Crippen molar-refractivity contribution < 1.29 is 4.79 Å². The van der Waals surface area contributed by atoms with Crippen molar-refractivity contribution in [3.8, 4) is 0 Å². The Morgan fingerprint density at radius 2 is 1.90 bits per heavy atom. The standard InChI is InChI=1S/C17H24N2O/c1-11-6-5-7-12(2)15(11)16(20)19-10-13-8-18-9-14(13)17(19,3)4/h5-7,13-14,18H,8-10H2,1-4H3. The van der Waals surface area contributed by atoms with Crippen LogP contribution in [-0.4, -0.2) is 36.0 Å². The third kappa shape index (κ3) is 1.87. The third-order valence-electron chi connectivity index (χ3n) is 5.30. The fraction of sp³-hybridized carbons (Fsp3) is 0.588. The molecule has 1 aromatic rings. The van der Waals surface area contributed by atoms with Crippen LogP contribution in [0.1, 0.15) is 35.3 Å². The van der Waals surface area contributed by atoms with E-state index in [0.717, 1.165) is 36.3 Å². The summed E-state index contributed by atoms with van der Waals surface area (Å²) in [5.41, 5.74) is 3.01. The van der Waals surface area contributed by atoms with Crippen LogP contribution in [0.15, 0.2) is 18.2 Å². The number of benzene rings is 1. The van der Waals surface area contributed by atoms with Crippen molar-refractivity contribution >= 4 is 5.91 Å². The van der Waals surface area contributed by atoms with E-state index in [1.807, 2.05) is 32.0 Å². The second-order valence-corrected chi connectivity index (χ2v) is 6.86. The number of aryl methyl sites for hydroxylation is 2. The lowest BCUT2D eigenvalue weighted by Gasteiger charge is -2.36. The van der Waals surface area contributed by atoms with Crippen molar-refractivity contribution in [2.45, 2.75) is 33.2 Å². The summed E-state index contributed by atoms with van der Waals surface area (Å²) in [6.45, 7) is 11.5. The Labute approximate surface area is 121 Å². The maximum absolute atomic E-state index is 13.0. The Hall–Kier alpha value is -1.35. The summed E-state index contributed by atoms with van der Waals surface area (Å²) in [5.74, 6) is 1.40. The molecule has 2 aliphatic rings. The lowest BCUT2D eigenvalue weighted by atomic mass is 9.84. The zero-order chi connectivity index (χ0) is 14.5. The summed E-state index contributed by atoms with van der Waals surface area (Å²) in [6.07, 6.45) is 0. The Kier molecular flexibility index (Phi) is 3.13. The second-order valence-electron chi connectivity index (χ2n) is 6.86. The van der Waals surface area contributed by atoms with E-state index in [-0.39, 0.29) is 11.4 Å². The molecule has 3 nitrogen and oxygen atoms in total. The molecule has 2 saturated heterocycles. The zero-order valence-corrected chi connectivity index (χ0v) is 12.9. The van der Waals surface area contributed by atoms with Gasteiger partial charge in [0.05, 0.1) is 0 Å². The Balaban J connectivity index is 1.96. The smallest absolute Gasteiger partial charge is 0.254 e. The van der Waals surface area contributed by atoms with Gasteiger partial charge >= 0.3 is 0 Å². The maximum Gasteiger partial charge on any atom is 0.254 e. The maximum atomic E-state index is 13.0. The minimum absolute atomic E-state index is 0.0556. The minimum Gasteiger partial charge on any atom is -0.333 e. The van der Waals surface area contributed by atoms with Crippen LogP contribution < -0.4 is 5.32 Å². The second kappa shape index (κ2) is 4.59. The molecule has 1 N–H and O–H groups in total. The van der Waals surface area contributed by atoms with Crippen molar-refractivity contribution in [1.82, 2.24) is 10.2 Å². The van der Waals surface area contributed by atoms with Gasteiger partial charge in [0.1, 0.15) is 0 Å². The molecule has 2 fully saturated rings. The van der Waals surface area contributed by atoms with E-state index in [0.29, 0.717) is 11.8 Å². The molecule has 1 amide bonds. The number of nitrogens with zero attached hydrogens (tertiary/aromatic N) is 1. The predicted molar refractivity (Wildman–Crippen MR) is 80.9 cm³/mol. The first kappa shape index (κ1) is 13.6. The van der Waals surface area contributed by atoms with E-state index in [4.69, 9.17) is 0 Å². The van der Waals surface area contributed by atoms with Crippen molar-refractivity contribution in [3.05, 3.63) is 34.9 Å². The highest BCUT2D eigenvalue weighted by molar-refractivity contribution is 5.97. The van der Waals surface area contributed by atoms with Crippen molar-refractivity contribution in [1.29, 1.82) is 0 Å². The Morgan fingerprint density at radius 3 is 2.50 bits per heavy atom. The number of hydrogen-bond acceptors (Lipinski definition) is 2. The molecule has 2 atom stereocenters. The van der Waals surface area contributed by atoms with Gasteiger partial charge in [-0.05, 0) is 50.7 Å². The molecule has 2 unspecified atom stereocenters. The first-order valence-electron chi connectivity index (χ1n) is 7.52. The molecule has 0 saturated carbocycles. The molecular weight excluding hydrogens is 248 g/mol. The number of hydrogen-bond donors (Lipinski definition) is 1. The minimum atomic E-state index is -0.0556. The largest absolute Gasteiger partial charge is 0.333 e. The molecule has 0 aromatic heterocycles. The highest BCUT2D eigenvalue weighted by Gasteiger charge is 2.51. The summed E-state index contributed by atoms with van der Waals surface area (Å²) in [7, 11) is 0. The van der Waals surface area contributed by atoms with E-state index < -0.39 is 0 Å². The summed E-state index contributed by atoms with van der Waals surface area (Å²) >= 11 is 0. The van der Waals surface area contributed by atoms with Gasteiger partial charge in [-0.25, -0.2) is 0 Å². The van der Waals surface area contributed by atoms with Crippen LogP contribution in [0.4, 0.5) is 0 Å². The van der Waals surface area contributed by atoms with Gasteiger partial charge in [0.25, 0.3) is 5.91 Å². The first-order valence-corrected chi connectivity index (χ1v) is 7.52. The van der Waals surface area contributed by atoms with Gasteiger partial charge in [0.15, 0.2) is 0 Å². The average Bonchev–Trinajstić information content (AvgIpc) is 2.91. The third-order valence-corrected chi connectivity index (χ3v) is 5.30. The van der Waals surface area contributed by atoms with Crippen LogP contribution in [0.25, 0.3) is 0 Å². The van der Waals surface area contributed by atoms with E-state index in [9.17, 15) is 4.79 Å². The van der Waals surface area contributed by atoms with E-state index in [2.05, 4.69) is 24.1 Å². The van der Waals surface area contributed by atoms with E-state index in [1.54, 1.807) is 0 Å². The summed E-state index contributed by atoms with van der Waals surface area (Å²) in [6, 6.07) is 6.09. The number of carbonyl (C=O) groups excluding carboxylic acids is 1. The number of rotatable bonds is 1. The molecule has 2 aliphatic heterocycles. The van der Waals surface area contributed by atoms with Crippen LogP contribution in [-0.2, 0) is 0 Å². The van der Waals surface area contributed by atoms with Crippen molar-refractivity contribution in [2.75, 3.05) is 19.6 Å². The summed E-state index contributed by atoms with van der Waals surface area (Å²) in [5, 5.41) is 3.46. The molecule has 0 bridgehead atoms. The van der Waals surface area contributed by atoms with Crippen LogP contribution >= 0.6 is 0 Å². The number of amides is 1. The number of fused-ring (bicyclic) bond motifs is 1. The SMILES string of the molecule is Cc1cccc(C)c1C(=O)N1CC2CNCC2C1(C)C. The van der Waals surface area contributed by atoms with Gasteiger partial charge in [-0.15, -0.1) is 0 Å². The Morgan fingerprint density at radius 1 is 1.25 bits per heavy atom. The van der Waals surface area contributed by atoms with Gasteiger partial charge in [0, 0.05) is 30.7 Å². The molecule has 0 spiro atoms. The van der Waals surface area contributed by atoms with E-state index in [1.165, 1.54) is 0 Å². The lowest BCUT2D eigenvalue weighted by Crippen LogP contribution is -2.48. The Bertz CT molecular complexity index is 530. The highest BCUT2D eigenvalue weighted by atomic mass is 16.2. The molecule has 0 radical (unpaired) electrons. The van der Waals surface area contributed by atoms with Gasteiger partial charge < -0.3 is 10.2 Å². The molecule has 2 heterocycles. The normalized spacial score (nSPS) is 27.7.